The maximum Gasteiger partial charge on any atom is 0.307 e. The summed E-state index contributed by atoms with van der Waals surface area (Å²) in [5.41, 5.74) is 3.58. The number of hydrogen-bond acceptors (Lipinski definition) is 3. The van der Waals surface area contributed by atoms with E-state index in [-0.39, 0.29) is 10.8 Å². The van der Waals surface area contributed by atoms with Gasteiger partial charge in [0, 0.05) is 24.7 Å². The Hall–Kier alpha value is -2.79. The van der Waals surface area contributed by atoms with Crippen LogP contribution in [-0.2, 0) is 19.4 Å². The quantitative estimate of drug-likeness (QED) is 0.573. The molecule has 0 bridgehead atoms. The molecule has 0 atom stereocenters. The van der Waals surface area contributed by atoms with Crippen molar-refractivity contribution in [2.24, 2.45) is 0 Å². The number of aryl methyl sites for hydroxylation is 2. The van der Waals surface area contributed by atoms with Crippen molar-refractivity contribution in [2.45, 2.75) is 19.4 Å². The molecular formula is C20H18N2O2S. The van der Waals surface area contributed by atoms with Gasteiger partial charge in [0.1, 0.15) is 0 Å². The summed E-state index contributed by atoms with van der Waals surface area (Å²) >= 11 is 1.06. The Balaban J connectivity index is 1.59. The van der Waals surface area contributed by atoms with Gasteiger partial charge in [-0.1, -0.05) is 53.8 Å². The summed E-state index contributed by atoms with van der Waals surface area (Å²) in [6, 6.07) is 18.9. The Morgan fingerprint density at radius 2 is 1.88 bits per heavy atom. The molecule has 25 heavy (non-hydrogen) atoms. The van der Waals surface area contributed by atoms with Crippen LogP contribution in [-0.4, -0.2) is 14.7 Å². The highest BCUT2D eigenvalue weighted by molar-refractivity contribution is 7.09. The predicted octanol–water partition coefficient (Wildman–Crippen LogP) is 3.93. The zero-order valence-electron chi connectivity index (χ0n) is 13.6. The van der Waals surface area contributed by atoms with Gasteiger partial charge in [-0.2, -0.15) is 0 Å². The molecule has 0 aliphatic heterocycles. The number of thiazole rings is 1. The zero-order chi connectivity index (χ0) is 17.2. The van der Waals surface area contributed by atoms with Crippen LogP contribution in [0.5, 0.6) is 5.88 Å². The molecule has 0 radical (unpaired) electrons. The van der Waals surface area contributed by atoms with E-state index in [0.29, 0.717) is 11.3 Å². The van der Waals surface area contributed by atoms with Crippen molar-refractivity contribution in [3.63, 3.8) is 0 Å². The van der Waals surface area contributed by atoms with Gasteiger partial charge in [-0.05, 0) is 35.1 Å². The van der Waals surface area contributed by atoms with E-state index in [1.807, 2.05) is 12.1 Å². The second-order valence-corrected chi connectivity index (χ2v) is 7.17. The Labute approximate surface area is 149 Å². The third-order valence-electron chi connectivity index (χ3n) is 4.39. The largest absolute Gasteiger partial charge is 0.494 e. The highest BCUT2D eigenvalue weighted by Gasteiger charge is 2.09. The normalized spacial score (nSPS) is 11.2. The molecule has 2 N–H and O–H groups in total. The second kappa shape index (κ2) is 6.61. The van der Waals surface area contributed by atoms with E-state index < -0.39 is 0 Å². The molecular weight excluding hydrogens is 332 g/mol. The molecule has 0 saturated heterocycles. The standard InChI is InChI=1S/C20H18N2O2S/c23-19-18(25-20(24)21-19)13-15-6-7-16-9-11-22(17(16)12-15)10-8-14-4-2-1-3-5-14/h1-7,9,11-12,23H,8,10,13H2,(H,21,24). The van der Waals surface area contributed by atoms with Crippen LogP contribution in [0.4, 0.5) is 0 Å². The Bertz CT molecular complexity index is 1060. The first-order valence-electron chi connectivity index (χ1n) is 8.22. The molecule has 4 rings (SSSR count). The van der Waals surface area contributed by atoms with Crippen LogP contribution in [0.15, 0.2) is 65.6 Å². The molecule has 0 unspecified atom stereocenters. The first-order valence-corrected chi connectivity index (χ1v) is 9.03. The fourth-order valence-corrected chi connectivity index (χ4v) is 3.84. The van der Waals surface area contributed by atoms with Crippen molar-refractivity contribution in [3.8, 4) is 5.88 Å². The molecule has 0 fully saturated rings. The molecule has 0 aliphatic carbocycles. The van der Waals surface area contributed by atoms with Gasteiger partial charge in [0.25, 0.3) is 0 Å². The Morgan fingerprint density at radius 3 is 2.64 bits per heavy atom. The third-order valence-corrected chi connectivity index (χ3v) is 5.26. The van der Waals surface area contributed by atoms with E-state index in [4.69, 9.17) is 0 Å². The fraction of sp³-hybridized carbons (Fsp3) is 0.150. The number of nitrogens with zero attached hydrogens (tertiary/aromatic N) is 1. The molecule has 5 heteroatoms. The molecule has 0 saturated carbocycles. The van der Waals surface area contributed by atoms with Gasteiger partial charge < -0.3 is 9.67 Å². The summed E-state index contributed by atoms with van der Waals surface area (Å²) < 4.78 is 2.26. The van der Waals surface area contributed by atoms with Gasteiger partial charge in [0.05, 0.1) is 4.88 Å². The zero-order valence-corrected chi connectivity index (χ0v) is 14.4. The molecule has 0 spiro atoms. The number of benzene rings is 2. The monoisotopic (exact) mass is 350 g/mol. The summed E-state index contributed by atoms with van der Waals surface area (Å²) in [4.78, 5) is 14.2. The van der Waals surface area contributed by atoms with E-state index in [0.717, 1.165) is 29.9 Å². The number of aromatic amines is 1. The van der Waals surface area contributed by atoms with E-state index in [9.17, 15) is 9.90 Å². The van der Waals surface area contributed by atoms with Gasteiger partial charge >= 0.3 is 4.87 Å². The molecule has 0 amide bonds. The SMILES string of the molecule is O=c1[nH]c(O)c(Cc2ccc3ccn(CCc4ccccc4)c3c2)s1. The molecule has 4 aromatic rings. The third kappa shape index (κ3) is 3.37. The minimum Gasteiger partial charge on any atom is -0.494 e. The van der Waals surface area contributed by atoms with Crippen LogP contribution in [0.2, 0.25) is 0 Å². The molecule has 0 aliphatic rings. The van der Waals surface area contributed by atoms with Crippen molar-refractivity contribution >= 4 is 22.2 Å². The summed E-state index contributed by atoms with van der Waals surface area (Å²) in [6.45, 7) is 0.916. The van der Waals surface area contributed by atoms with Crippen LogP contribution in [0.1, 0.15) is 16.0 Å². The van der Waals surface area contributed by atoms with E-state index >= 15 is 0 Å². The average Bonchev–Trinajstić information content (AvgIpc) is 3.16. The number of nitrogens with one attached hydrogen (secondary N) is 1. The highest BCUT2D eigenvalue weighted by Crippen LogP contribution is 2.24. The lowest BCUT2D eigenvalue weighted by Crippen LogP contribution is -2.00. The number of aromatic hydroxyl groups is 1. The second-order valence-electron chi connectivity index (χ2n) is 6.10. The van der Waals surface area contributed by atoms with E-state index in [1.54, 1.807) is 0 Å². The van der Waals surface area contributed by atoms with Crippen LogP contribution in [0, 0.1) is 0 Å². The smallest absolute Gasteiger partial charge is 0.307 e. The summed E-state index contributed by atoms with van der Waals surface area (Å²) in [5.74, 6) is -0.0189. The number of H-pyrrole nitrogens is 1. The van der Waals surface area contributed by atoms with Crippen molar-refractivity contribution in [1.29, 1.82) is 0 Å². The minimum absolute atomic E-state index is 0.0189. The topological polar surface area (TPSA) is 58.0 Å². The summed E-state index contributed by atoms with van der Waals surface area (Å²) in [7, 11) is 0. The number of hydrogen-bond donors (Lipinski definition) is 2. The predicted molar refractivity (Wildman–Crippen MR) is 101 cm³/mol. The summed E-state index contributed by atoms with van der Waals surface area (Å²) in [5, 5.41) is 11.0. The van der Waals surface area contributed by atoms with Gasteiger partial charge in [-0.25, -0.2) is 0 Å². The molecule has 2 aromatic heterocycles. The lowest BCUT2D eigenvalue weighted by molar-refractivity contribution is 0.451. The lowest BCUT2D eigenvalue weighted by atomic mass is 10.1. The highest BCUT2D eigenvalue weighted by atomic mass is 32.1. The summed E-state index contributed by atoms with van der Waals surface area (Å²) in [6.07, 6.45) is 3.65. The van der Waals surface area contributed by atoms with E-state index in [2.05, 4.69) is 58.2 Å². The van der Waals surface area contributed by atoms with E-state index in [1.165, 1.54) is 16.5 Å². The van der Waals surface area contributed by atoms with Crippen LogP contribution >= 0.6 is 11.3 Å². The maximum absolute atomic E-state index is 11.3. The lowest BCUT2D eigenvalue weighted by Gasteiger charge is -2.07. The molecule has 2 aromatic carbocycles. The van der Waals surface area contributed by atoms with Gasteiger partial charge in [0.15, 0.2) is 0 Å². The fourth-order valence-electron chi connectivity index (χ4n) is 3.09. The molecule has 2 heterocycles. The van der Waals surface area contributed by atoms with Crippen LogP contribution in [0.3, 0.4) is 0 Å². The maximum atomic E-state index is 11.3. The first-order chi connectivity index (χ1) is 12.2. The van der Waals surface area contributed by atoms with Crippen molar-refractivity contribution in [2.75, 3.05) is 0 Å². The Kier molecular flexibility index (Phi) is 4.15. The van der Waals surface area contributed by atoms with Gasteiger partial charge in [-0.3, -0.25) is 9.78 Å². The average molecular weight is 350 g/mol. The Morgan fingerprint density at radius 1 is 1.04 bits per heavy atom. The van der Waals surface area contributed by atoms with Crippen molar-refractivity contribution in [3.05, 3.63) is 86.5 Å². The first kappa shape index (κ1) is 15.7. The number of aromatic nitrogens is 2. The van der Waals surface area contributed by atoms with Crippen LogP contribution < -0.4 is 4.87 Å². The van der Waals surface area contributed by atoms with Gasteiger partial charge in [-0.15, -0.1) is 0 Å². The minimum atomic E-state index is -0.222. The number of fused-ring (bicyclic) bond motifs is 1. The van der Waals surface area contributed by atoms with Crippen LogP contribution in [0.25, 0.3) is 10.9 Å². The van der Waals surface area contributed by atoms with Gasteiger partial charge in [0.2, 0.25) is 5.88 Å². The number of rotatable bonds is 5. The molecule has 126 valence electrons. The van der Waals surface area contributed by atoms with Crippen molar-refractivity contribution < 1.29 is 5.11 Å². The van der Waals surface area contributed by atoms with Crippen molar-refractivity contribution in [1.82, 2.24) is 9.55 Å². The molecule has 4 nitrogen and oxygen atoms in total.